The fraction of sp³-hybridized carbons (Fsp3) is 0.917. The van der Waals surface area contributed by atoms with Crippen LogP contribution in [0.5, 0.6) is 0 Å². The highest BCUT2D eigenvalue weighted by atomic mass is 16.1. The molecule has 3 nitrogen and oxygen atoms in total. The van der Waals surface area contributed by atoms with Gasteiger partial charge >= 0.3 is 0 Å². The number of nitrogens with two attached hydrogens (primary N) is 1. The SMILES string of the molecule is NC1(CCC(=O)NC2CCCCC2)CC1. The van der Waals surface area contributed by atoms with E-state index in [1.54, 1.807) is 0 Å². The number of amides is 1. The molecule has 3 N–H and O–H groups in total. The summed E-state index contributed by atoms with van der Waals surface area (Å²) in [6.07, 6.45) is 9.89. The van der Waals surface area contributed by atoms with Gasteiger partial charge in [-0.15, -0.1) is 0 Å². The molecule has 0 saturated heterocycles. The predicted molar refractivity (Wildman–Crippen MR) is 60.4 cm³/mol. The Morgan fingerprint density at radius 2 is 1.93 bits per heavy atom. The average Bonchev–Trinajstić information content (AvgIpc) is 2.96. The molecule has 0 spiro atoms. The van der Waals surface area contributed by atoms with Gasteiger partial charge in [-0.05, 0) is 32.1 Å². The first kappa shape index (κ1) is 10.9. The number of nitrogens with one attached hydrogen (secondary N) is 1. The lowest BCUT2D eigenvalue weighted by molar-refractivity contribution is -0.122. The minimum Gasteiger partial charge on any atom is -0.353 e. The number of carbonyl (C=O) groups is 1. The summed E-state index contributed by atoms with van der Waals surface area (Å²) in [4.78, 5) is 11.6. The molecule has 15 heavy (non-hydrogen) atoms. The Kier molecular flexibility index (Phi) is 3.29. The summed E-state index contributed by atoms with van der Waals surface area (Å²) in [6, 6.07) is 0.444. The van der Waals surface area contributed by atoms with Gasteiger partial charge < -0.3 is 11.1 Å². The van der Waals surface area contributed by atoms with Gasteiger partial charge in [0, 0.05) is 18.0 Å². The second kappa shape index (κ2) is 4.52. The molecule has 0 radical (unpaired) electrons. The molecule has 3 heteroatoms. The van der Waals surface area contributed by atoms with Crippen molar-refractivity contribution in [3.63, 3.8) is 0 Å². The van der Waals surface area contributed by atoms with Crippen LogP contribution < -0.4 is 11.1 Å². The van der Waals surface area contributed by atoms with Gasteiger partial charge in [0.15, 0.2) is 0 Å². The van der Waals surface area contributed by atoms with Crippen molar-refractivity contribution in [2.45, 2.75) is 69.4 Å². The van der Waals surface area contributed by atoms with Gasteiger partial charge in [-0.2, -0.15) is 0 Å². The van der Waals surface area contributed by atoms with E-state index in [4.69, 9.17) is 5.73 Å². The molecule has 86 valence electrons. The van der Waals surface area contributed by atoms with Gasteiger partial charge in [-0.25, -0.2) is 0 Å². The van der Waals surface area contributed by atoms with Gasteiger partial charge in [0.05, 0.1) is 0 Å². The number of carbonyl (C=O) groups excluding carboxylic acids is 1. The zero-order valence-corrected chi connectivity index (χ0v) is 9.43. The van der Waals surface area contributed by atoms with E-state index in [1.807, 2.05) is 0 Å². The molecule has 0 aromatic heterocycles. The van der Waals surface area contributed by atoms with Crippen LogP contribution in [0, 0.1) is 0 Å². The van der Waals surface area contributed by atoms with Crippen molar-refractivity contribution in [1.82, 2.24) is 5.32 Å². The van der Waals surface area contributed by atoms with Gasteiger partial charge in [0.25, 0.3) is 0 Å². The van der Waals surface area contributed by atoms with Gasteiger partial charge in [0.2, 0.25) is 5.91 Å². The maximum Gasteiger partial charge on any atom is 0.220 e. The van der Waals surface area contributed by atoms with Crippen molar-refractivity contribution in [3.8, 4) is 0 Å². The third kappa shape index (κ3) is 3.49. The standard InChI is InChI=1S/C12H22N2O/c13-12(8-9-12)7-6-11(15)14-10-4-2-1-3-5-10/h10H,1-9,13H2,(H,14,15). The van der Waals surface area contributed by atoms with Gasteiger partial charge in [-0.1, -0.05) is 19.3 Å². The fourth-order valence-electron chi connectivity index (χ4n) is 2.32. The number of hydrogen-bond acceptors (Lipinski definition) is 2. The number of rotatable bonds is 4. The van der Waals surface area contributed by atoms with E-state index in [0.717, 1.165) is 19.3 Å². The van der Waals surface area contributed by atoms with E-state index in [9.17, 15) is 4.79 Å². The van der Waals surface area contributed by atoms with Crippen LogP contribution in [0.2, 0.25) is 0 Å². The summed E-state index contributed by atoms with van der Waals surface area (Å²) in [6.45, 7) is 0. The van der Waals surface area contributed by atoms with Crippen molar-refractivity contribution < 1.29 is 4.79 Å². The van der Waals surface area contributed by atoms with E-state index in [-0.39, 0.29) is 11.4 Å². The van der Waals surface area contributed by atoms with E-state index in [0.29, 0.717) is 12.5 Å². The Hall–Kier alpha value is -0.570. The largest absolute Gasteiger partial charge is 0.353 e. The van der Waals surface area contributed by atoms with E-state index >= 15 is 0 Å². The maximum atomic E-state index is 11.6. The first-order valence-corrected chi connectivity index (χ1v) is 6.26. The van der Waals surface area contributed by atoms with Crippen molar-refractivity contribution >= 4 is 5.91 Å². The first-order valence-electron chi connectivity index (χ1n) is 6.26. The lowest BCUT2D eigenvalue weighted by atomic mass is 9.95. The van der Waals surface area contributed by atoms with Gasteiger partial charge in [0.1, 0.15) is 0 Å². The molecule has 2 aliphatic carbocycles. The molecule has 0 aromatic carbocycles. The lowest BCUT2D eigenvalue weighted by Crippen LogP contribution is -2.37. The highest BCUT2D eigenvalue weighted by molar-refractivity contribution is 5.76. The monoisotopic (exact) mass is 210 g/mol. The van der Waals surface area contributed by atoms with Crippen LogP contribution in [0.25, 0.3) is 0 Å². The molecule has 0 heterocycles. The summed E-state index contributed by atoms with van der Waals surface area (Å²) in [7, 11) is 0. The Morgan fingerprint density at radius 3 is 2.53 bits per heavy atom. The van der Waals surface area contributed by atoms with Crippen LogP contribution in [0.3, 0.4) is 0 Å². The summed E-state index contributed by atoms with van der Waals surface area (Å²) in [5, 5.41) is 3.12. The third-order valence-electron chi connectivity index (χ3n) is 3.71. The average molecular weight is 210 g/mol. The fourth-order valence-corrected chi connectivity index (χ4v) is 2.32. The van der Waals surface area contributed by atoms with Crippen LogP contribution in [0.4, 0.5) is 0 Å². The van der Waals surface area contributed by atoms with Crippen LogP contribution in [-0.2, 0) is 4.79 Å². The molecule has 2 fully saturated rings. The summed E-state index contributed by atoms with van der Waals surface area (Å²) < 4.78 is 0. The molecule has 2 rings (SSSR count). The van der Waals surface area contributed by atoms with Crippen LogP contribution in [0.15, 0.2) is 0 Å². The summed E-state index contributed by atoms with van der Waals surface area (Å²) >= 11 is 0. The second-order valence-corrected chi connectivity index (χ2v) is 5.26. The normalized spacial score (nSPS) is 24.9. The number of hydrogen-bond donors (Lipinski definition) is 2. The lowest BCUT2D eigenvalue weighted by Gasteiger charge is -2.23. The molecule has 0 aromatic rings. The molecule has 2 aliphatic rings. The Morgan fingerprint density at radius 1 is 1.27 bits per heavy atom. The minimum absolute atomic E-state index is 0.0178. The highest BCUT2D eigenvalue weighted by Gasteiger charge is 2.37. The van der Waals surface area contributed by atoms with Crippen LogP contribution >= 0.6 is 0 Å². The zero-order chi connectivity index (χ0) is 10.7. The Labute approximate surface area is 91.8 Å². The Bertz CT molecular complexity index is 230. The van der Waals surface area contributed by atoms with Crippen molar-refractivity contribution in [3.05, 3.63) is 0 Å². The second-order valence-electron chi connectivity index (χ2n) is 5.26. The predicted octanol–water partition coefficient (Wildman–Crippen LogP) is 1.71. The third-order valence-corrected chi connectivity index (χ3v) is 3.71. The van der Waals surface area contributed by atoms with E-state index in [1.165, 1.54) is 32.1 Å². The quantitative estimate of drug-likeness (QED) is 0.742. The van der Waals surface area contributed by atoms with E-state index in [2.05, 4.69) is 5.32 Å². The van der Waals surface area contributed by atoms with Crippen molar-refractivity contribution in [2.24, 2.45) is 5.73 Å². The van der Waals surface area contributed by atoms with Crippen molar-refractivity contribution in [1.29, 1.82) is 0 Å². The van der Waals surface area contributed by atoms with Crippen LogP contribution in [0.1, 0.15) is 57.8 Å². The highest BCUT2D eigenvalue weighted by Crippen LogP contribution is 2.36. The molecule has 2 saturated carbocycles. The molecule has 0 unspecified atom stereocenters. The molecule has 0 bridgehead atoms. The smallest absolute Gasteiger partial charge is 0.220 e. The molecular weight excluding hydrogens is 188 g/mol. The summed E-state index contributed by atoms with van der Waals surface area (Å²) in [5.74, 6) is 0.207. The molecular formula is C12H22N2O. The van der Waals surface area contributed by atoms with Gasteiger partial charge in [-0.3, -0.25) is 4.79 Å². The van der Waals surface area contributed by atoms with Crippen molar-refractivity contribution in [2.75, 3.05) is 0 Å². The topological polar surface area (TPSA) is 55.1 Å². The maximum absolute atomic E-state index is 11.6. The van der Waals surface area contributed by atoms with E-state index < -0.39 is 0 Å². The molecule has 0 aliphatic heterocycles. The molecule has 1 amide bonds. The molecule has 0 atom stereocenters. The minimum atomic E-state index is 0.0178. The first-order chi connectivity index (χ1) is 7.18. The summed E-state index contributed by atoms with van der Waals surface area (Å²) in [5.41, 5.74) is 5.97. The Balaban J connectivity index is 1.62. The van der Waals surface area contributed by atoms with Crippen LogP contribution in [-0.4, -0.2) is 17.5 Å². The zero-order valence-electron chi connectivity index (χ0n) is 9.43.